The molecule has 1 fully saturated rings. The Kier molecular flexibility index (Phi) is 5.95. The van der Waals surface area contributed by atoms with Crippen molar-refractivity contribution in [3.63, 3.8) is 0 Å². The van der Waals surface area contributed by atoms with Crippen molar-refractivity contribution in [3.8, 4) is 0 Å². The van der Waals surface area contributed by atoms with Crippen LogP contribution >= 0.6 is 0 Å². The van der Waals surface area contributed by atoms with Crippen molar-refractivity contribution >= 4 is 17.7 Å². The van der Waals surface area contributed by atoms with Gasteiger partial charge in [-0.25, -0.2) is 4.79 Å². The lowest BCUT2D eigenvalue weighted by Gasteiger charge is -2.29. The molecule has 6 heteroatoms. The molecule has 0 spiro atoms. The maximum atomic E-state index is 11.9. The molecule has 0 saturated carbocycles. The molecule has 3 amide bonds. The van der Waals surface area contributed by atoms with Crippen molar-refractivity contribution in [3.05, 3.63) is 0 Å². The van der Waals surface area contributed by atoms with Crippen LogP contribution in [0.2, 0.25) is 0 Å². The van der Waals surface area contributed by atoms with E-state index >= 15 is 0 Å². The molecule has 0 bridgehead atoms. The van der Waals surface area contributed by atoms with Crippen molar-refractivity contribution in [1.29, 1.82) is 0 Å². The maximum Gasteiger partial charge on any atom is 0.321 e. The zero-order valence-electron chi connectivity index (χ0n) is 11.9. The minimum absolute atomic E-state index is 0.118. The summed E-state index contributed by atoms with van der Waals surface area (Å²) < 4.78 is 0. The van der Waals surface area contributed by atoms with E-state index < -0.39 is 12.1 Å². The minimum atomic E-state index is -0.471. The largest absolute Gasteiger partial charge is 0.338 e. The van der Waals surface area contributed by atoms with Crippen LogP contribution in [-0.2, 0) is 9.59 Å². The number of carbonyl (C=O) groups is 3. The topological polar surface area (TPSA) is 78.5 Å². The summed E-state index contributed by atoms with van der Waals surface area (Å²) in [4.78, 5) is 36.5. The molecule has 19 heavy (non-hydrogen) atoms. The highest BCUT2D eigenvalue weighted by Gasteiger charge is 2.32. The predicted octanol–water partition coefficient (Wildman–Crippen LogP) is 0.664. The number of carbonyl (C=O) groups excluding carboxylic acids is 3. The third-order valence-electron chi connectivity index (χ3n) is 3.40. The van der Waals surface area contributed by atoms with Crippen LogP contribution in [0.3, 0.4) is 0 Å². The third kappa shape index (κ3) is 4.63. The summed E-state index contributed by atoms with van der Waals surface area (Å²) in [7, 11) is 0. The summed E-state index contributed by atoms with van der Waals surface area (Å²) in [6.45, 7) is 6.39. The van der Waals surface area contributed by atoms with Crippen LogP contribution in [0.1, 0.15) is 40.0 Å². The van der Waals surface area contributed by atoms with Crippen molar-refractivity contribution in [2.45, 2.75) is 52.1 Å². The number of amides is 3. The van der Waals surface area contributed by atoms with E-state index in [-0.39, 0.29) is 17.7 Å². The van der Waals surface area contributed by atoms with Gasteiger partial charge in [-0.3, -0.25) is 19.8 Å². The molecule has 2 unspecified atom stereocenters. The Hall–Kier alpha value is -1.43. The number of hydrogen-bond acceptors (Lipinski definition) is 4. The maximum absolute atomic E-state index is 11.9. The molecule has 0 aromatic carbocycles. The fourth-order valence-corrected chi connectivity index (χ4v) is 2.49. The SMILES string of the molecule is CCNC(=O)NC(=O)C(C)N1CCCC1CC(C)=O. The van der Waals surface area contributed by atoms with E-state index in [2.05, 4.69) is 10.6 Å². The summed E-state index contributed by atoms with van der Waals surface area (Å²) >= 11 is 0. The molecule has 1 saturated heterocycles. The van der Waals surface area contributed by atoms with Crippen LogP contribution in [0.15, 0.2) is 0 Å². The normalized spacial score (nSPS) is 20.9. The Labute approximate surface area is 113 Å². The summed E-state index contributed by atoms with van der Waals surface area (Å²) in [6.07, 6.45) is 2.38. The van der Waals surface area contributed by atoms with Crippen LogP contribution in [-0.4, -0.2) is 47.8 Å². The molecule has 108 valence electrons. The van der Waals surface area contributed by atoms with Gasteiger partial charge in [-0.1, -0.05) is 0 Å². The fourth-order valence-electron chi connectivity index (χ4n) is 2.49. The quantitative estimate of drug-likeness (QED) is 0.768. The van der Waals surface area contributed by atoms with Gasteiger partial charge in [0, 0.05) is 19.0 Å². The Bertz CT molecular complexity index is 357. The summed E-state index contributed by atoms with van der Waals surface area (Å²) in [5.74, 6) is -0.186. The number of nitrogens with one attached hydrogen (secondary N) is 2. The predicted molar refractivity (Wildman–Crippen MR) is 71.7 cm³/mol. The molecule has 0 radical (unpaired) electrons. The standard InChI is InChI=1S/C13H23N3O3/c1-4-14-13(19)15-12(18)10(3)16-7-5-6-11(16)8-9(2)17/h10-11H,4-8H2,1-3H3,(H2,14,15,18,19). The number of Topliss-reactive ketones (excluding diaryl/α,β-unsaturated/α-hetero) is 1. The molecule has 1 aliphatic rings. The zero-order valence-corrected chi connectivity index (χ0v) is 11.9. The van der Waals surface area contributed by atoms with Gasteiger partial charge in [-0.2, -0.15) is 0 Å². The lowest BCUT2D eigenvalue weighted by atomic mass is 10.1. The highest BCUT2D eigenvalue weighted by Crippen LogP contribution is 2.22. The van der Waals surface area contributed by atoms with E-state index in [0.717, 1.165) is 19.4 Å². The van der Waals surface area contributed by atoms with E-state index in [4.69, 9.17) is 0 Å². The Morgan fingerprint density at radius 1 is 1.37 bits per heavy atom. The third-order valence-corrected chi connectivity index (χ3v) is 3.40. The average molecular weight is 269 g/mol. The van der Waals surface area contributed by atoms with Crippen LogP contribution in [0.25, 0.3) is 0 Å². The Morgan fingerprint density at radius 3 is 2.63 bits per heavy atom. The summed E-state index contributed by atoms with van der Waals surface area (Å²) in [5, 5.41) is 4.84. The number of nitrogens with zero attached hydrogens (tertiary/aromatic N) is 1. The monoisotopic (exact) mass is 269 g/mol. The van der Waals surface area contributed by atoms with Crippen LogP contribution in [0, 0.1) is 0 Å². The molecule has 2 N–H and O–H groups in total. The number of rotatable bonds is 5. The molecular formula is C13H23N3O3. The second-order valence-electron chi connectivity index (χ2n) is 4.96. The Morgan fingerprint density at radius 2 is 2.05 bits per heavy atom. The first-order chi connectivity index (χ1) is 8.95. The molecule has 2 atom stereocenters. The average Bonchev–Trinajstić information content (AvgIpc) is 2.75. The van der Waals surface area contributed by atoms with Gasteiger partial charge < -0.3 is 5.32 Å². The molecule has 0 aromatic heterocycles. The van der Waals surface area contributed by atoms with E-state index in [9.17, 15) is 14.4 Å². The second kappa shape index (κ2) is 7.23. The van der Waals surface area contributed by atoms with Crippen molar-refractivity contribution < 1.29 is 14.4 Å². The van der Waals surface area contributed by atoms with Crippen LogP contribution in [0.4, 0.5) is 4.79 Å². The van der Waals surface area contributed by atoms with Gasteiger partial charge in [-0.05, 0) is 40.2 Å². The van der Waals surface area contributed by atoms with E-state index in [0.29, 0.717) is 13.0 Å². The number of urea groups is 1. The number of ketones is 1. The van der Waals surface area contributed by atoms with Gasteiger partial charge in [0.05, 0.1) is 6.04 Å². The van der Waals surface area contributed by atoms with Gasteiger partial charge >= 0.3 is 6.03 Å². The molecule has 6 nitrogen and oxygen atoms in total. The summed E-state index contributed by atoms with van der Waals surface area (Å²) in [5.41, 5.74) is 0. The molecule has 1 heterocycles. The molecule has 1 rings (SSSR count). The number of imide groups is 1. The first-order valence-electron chi connectivity index (χ1n) is 6.79. The van der Waals surface area contributed by atoms with E-state index in [1.165, 1.54) is 0 Å². The van der Waals surface area contributed by atoms with E-state index in [1.807, 2.05) is 4.90 Å². The number of likely N-dealkylation sites (tertiary alicyclic amines) is 1. The fraction of sp³-hybridized carbons (Fsp3) is 0.769. The highest BCUT2D eigenvalue weighted by molar-refractivity contribution is 5.96. The lowest BCUT2D eigenvalue weighted by Crippen LogP contribution is -2.51. The molecular weight excluding hydrogens is 246 g/mol. The molecule has 1 aliphatic heterocycles. The molecule has 0 aromatic rings. The van der Waals surface area contributed by atoms with Gasteiger partial charge in [0.15, 0.2) is 0 Å². The lowest BCUT2D eigenvalue weighted by molar-refractivity contribution is -0.126. The van der Waals surface area contributed by atoms with Crippen molar-refractivity contribution in [2.75, 3.05) is 13.1 Å². The Balaban J connectivity index is 2.55. The van der Waals surface area contributed by atoms with Gasteiger partial charge in [-0.15, -0.1) is 0 Å². The van der Waals surface area contributed by atoms with Crippen molar-refractivity contribution in [1.82, 2.24) is 15.5 Å². The van der Waals surface area contributed by atoms with Crippen molar-refractivity contribution in [2.24, 2.45) is 0 Å². The van der Waals surface area contributed by atoms with Gasteiger partial charge in [0.1, 0.15) is 5.78 Å². The van der Waals surface area contributed by atoms with Gasteiger partial charge in [0.25, 0.3) is 0 Å². The van der Waals surface area contributed by atoms with Crippen LogP contribution < -0.4 is 10.6 Å². The zero-order chi connectivity index (χ0) is 14.4. The summed E-state index contributed by atoms with van der Waals surface area (Å²) in [6, 6.07) is -0.747. The first-order valence-corrected chi connectivity index (χ1v) is 6.79. The smallest absolute Gasteiger partial charge is 0.321 e. The van der Waals surface area contributed by atoms with Gasteiger partial charge in [0.2, 0.25) is 5.91 Å². The minimum Gasteiger partial charge on any atom is -0.338 e. The second-order valence-corrected chi connectivity index (χ2v) is 4.96. The first kappa shape index (κ1) is 15.6. The van der Waals surface area contributed by atoms with E-state index in [1.54, 1.807) is 20.8 Å². The highest BCUT2D eigenvalue weighted by atomic mass is 16.2. The van der Waals surface area contributed by atoms with Crippen LogP contribution in [0.5, 0.6) is 0 Å². The number of hydrogen-bond donors (Lipinski definition) is 2. The molecule has 0 aliphatic carbocycles.